The summed E-state index contributed by atoms with van der Waals surface area (Å²) in [6, 6.07) is 12.6. The molecule has 0 bridgehead atoms. The van der Waals surface area contributed by atoms with E-state index in [9.17, 15) is 21.6 Å². The first-order valence-corrected chi connectivity index (χ1v) is 14.0. The average Bonchev–Trinajstić information content (AvgIpc) is 2.84. The molecule has 0 unspecified atom stereocenters. The fraction of sp³-hybridized carbons (Fsp3) is 0.519. The number of oxime groups is 1. The standard InChI is InChI=1S/C24H29F3N2O3S.C3H8/c1-3-22(21-15-17(2)9-14-23(21)29-33(30,31)24(25,26)27)28-32-16-18-10-12-20(13-11-18)19-7-5-4-6-8-19;1-3-2/h9-15,19,29H,3-8,16H2,1-2H3;3H2,1-2H3/b28-22+;. The molecule has 1 aliphatic rings. The van der Waals surface area contributed by atoms with E-state index in [2.05, 4.69) is 31.1 Å². The quantitative estimate of drug-likeness (QED) is 0.279. The smallest absolute Gasteiger partial charge is 0.391 e. The number of sulfonamides is 1. The van der Waals surface area contributed by atoms with Gasteiger partial charge in [-0.3, -0.25) is 4.72 Å². The maximum absolute atomic E-state index is 12.8. The zero-order valence-electron chi connectivity index (χ0n) is 21.5. The molecule has 1 N–H and O–H groups in total. The number of nitrogens with zero attached hydrogens (tertiary/aromatic N) is 1. The van der Waals surface area contributed by atoms with Gasteiger partial charge in [-0.15, -0.1) is 0 Å². The Morgan fingerprint density at radius 2 is 1.64 bits per heavy atom. The Hall–Kier alpha value is -2.55. The molecule has 0 atom stereocenters. The number of nitrogens with one attached hydrogen (secondary N) is 1. The van der Waals surface area contributed by atoms with Gasteiger partial charge in [0.05, 0.1) is 11.4 Å². The molecular formula is C27H37F3N2O3S. The summed E-state index contributed by atoms with van der Waals surface area (Å²) in [5.74, 6) is 0.610. The van der Waals surface area contributed by atoms with Crippen LogP contribution in [0.2, 0.25) is 0 Å². The van der Waals surface area contributed by atoms with E-state index in [1.165, 1.54) is 56.2 Å². The van der Waals surface area contributed by atoms with Crippen LogP contribution in [-0.2, 0) is 21.5 Å². The number of aryl methyl sites for hydroxylation is 1. The van der Waals surface area contributed by atoms with Crippen LogP contribution < -0.4 is 4.72 Å². The summed E-state index contributed by atoms with van der Waals surface area (Å²) in [5, 5.41) is 4.11. The lowest BCUT2D eigenvalue weighted by Gasteiger charge is -2.22. The maximum Gasteiger partial charge on any atom is 0.516 e. The minimum Gasteiger partial charge on any atom is -0.391 e. The van der Waals surface area contributed by atoms with Gasteiger partial charge in [-0.25, -0.2) is 0 Å². The SMILES string of the molecule is CC/C(=N\OCc1ccc(C2CCCCC2)cc1)c1cc(C)ccc1NS(=O)(=O)C(F)(F)F.CCC. The molecule has 0 saturated heterocycles. The first-order chi connectivity index (χ1) is 17.0. The zero-order chi connectivity index (χ0) is 26.8. The van der Waals surface area contributed by atoms with Crippen LogP contribution in [0.25, 0.3) is 0 Å². The third-order valence-corrected chi connectivity index (χ3v) is 6.93. The second-order valence-corrected chi connectivity index (χ2v) is 10.7. The van der Waals surface area contributed by atoms with Gasteiger partial charge in [-0.2, -0.15) is 21.6 Å². The van der Waals surface area contributed by atoms with Gasteiger partial charge in [0.1, 0.15) is 6.61 Å². The molecule has 9 heteroatoms. The molecule has 3 rings (SSSR count). The fourth-order valence-electron chi connectivity index (χ4n) is 4.00. The molecular weight excluding hydrogens is 489 g/mol. The van der Waals surface area contributed by atoms with Crippen molar-refractivity contribution in [2.45, 2.75) is 90.7 Å². The van der Waals surface area contributed by atoms with Crippen molar-refractivity contribution in [1.29, 1.82) is 0 Å². The summed E-state index contributed by atoms with van der Waals surface area (Å²) in [5.41, 5.74) is -2.01. The van der Waals surface area contributed by atoms with E-state index in [1.54, 1.807) is 24.6 Å². The normalized spacial score (nSPS) is 15.1. The summed E-state index contributed by atoms with van der Waals surface area (Å²) in [6.45, 7) is 7.98. The molecule has 200 valence electrons. The highest BCUT2D eigenvalue weighted by atomic mass is 32.2. The largest absolute Gasteiger partial charge is 0.516 e. The van der Waals surface area contributed by atoms with E-state index in [4.69, 9.17) is 4.84 Å². The molecule has 1 fully saturated rings. The van der Waals surface area contributed by atoms with E-state index in [-0.39, 0.29) is 17.9 Å². The molecule has 1 aliphatic carbocycles. The third kappa shape index (κ3) is 8.54. The lowest BCUT2D eigenvalue weighted by molar-refractivity contribution is -0.0429. The molecule has 1 saturated carbocycles. The Labute approximate surface area is 213 Å². The Morgan fingerprint density at radius 3 is 2.19 bits per heavy atom. The number of hydrogen-bond acceptors (Lipinski definition) is 4. The van der Waals surface area contributed by atoms with Crippen molar-refractivity contribution in [2.75, 3.05) is 4.72 Å². The predicted octanol–water partition coefficient (Wildman–Crippen LogP) is 8.05. The molecule has 2 aromatic carbocycles. The topological polar surface area (TPSA) is 67.8 Å². The van der Waals surface area contributed by atoms with Gasteiger partial charge >= 0.3 is 15.5 Å². The summed E-state index contributed by atoms with van der Waals surface area (Å²) in [4.78, 5) is 5.49. The van der Waals surface area contributed by atoms with Crippen molar-refractivity contribution in [2.24, 2.45) is 5.16 Å². The van der Waals surface area contributed by atoms with Crippen molar-refractivity contribution in [1.82, 2.24) is 0 Å². The van der Waals surface area contributed by atoms with E-state index in [0.717, 1.165) is 11.1 Å². The Balaban J connectivity index is 0.00000145. The first kappa shape index (κ1) is 29.7. The Bertz CT molecular complexity index is 1090. The Morgan fingerprint density at radius 1 is 1.03 bits per heavy atom. The van der Waals surface area contributed by atoms with E-state index < -0.39 is 15.5 Å². The van der Waals surface area contributed by atoms with Crippen LogP contribution in [0, 0.1) is 6.92 Å². The third-order valence-electron chi connectivity index (χ3n) is 5.83. The lowest BCUT2D eigenvalue weighted by Crippen LogP contribution is -2.30. The maximum atomic E-state index is 12.8. The van der Waals surface area contributed by atoms with Gasteiger partial charge in [-0.1, -0.05) is 87.5 Å². The summed E-state index contributed by atoms with van der Waals surface area (Å²) < 4.78 is 63.4. The van der Waals surface area contributed by atoms with E-state index in [0.29, 0.717) is 18.1 Å². The summed E-state index contributed by atoms with van der Waals surface area (Å²) in [6.07, 6.45) is 7.87. The van der Waals surface area contributed by atoms with Gasteiger partial charge in [0.2, 0.25) is 0 Å². The van der Waals surface area contributed by atoms with Crippen LogP contribution in [0.15, 0.2) is 47.6 Å². The van der Waals surface area contributed by atoms with Gasteiger partial charge < -0.3 is 4.84 Å². The van der Waals surface area contributed by atoms with Crippen LogP contribution in [0.3, 0.4) is 0 Å². The highest BCUT2D eigenvalue weighted by Crippen LogP contribution is 2.33. The lowest BCUT2D eigenvalue weighted by atomic mass is 9.84. The number of rotatable bonds is 8. The van der Waals surface area contributed by atoms with Gasteiger partial charge in [0.25, 0.3) is 0 Å². The van der Waals surface area contributed by atoms with Gasteiger partial charge in [-0.05, 0) is 55.4 Å². The number of alkyl halides is 3. The molecule has 0 amide bonds. The van der Waals surface area contributed by atoms with Crippen molar-refractivity contribution in [3.05, 3.63) is 64.7 Å². The Kier molecular flexibility index (Phi) is 11.3. The van der Waals surface area contributed by atoms with E-state index in [1.807, 2.05) is 12.1 Å². The predicted molar refractivity (Wildman–Crippen MR) is 140 cm³/mol. The first-order valence-electron chi connectivity index (χ1n) is 12.5. The number of benzene rings is 2. The molecule has 0 spiro atoms. The second kappa shape index (κ2) is 13.7. The molecule has 0 aliphatic heterocycles. The molecule has 0 radical (unpaired) electrons. The minimum atomic E-state index is -5.55. The van der Waals surface area contributed by atoms with Crippen LogP contribution >= 0.6 is 0 Å². The van der Waals surface area contributed by atoms with Gasteiger partial charge in [0.15, 0.2) is 0 Å². The molecule has 0 aromatic heterocycles. The summed E-state index contributed by atoms with van der Waals surface area (Å²) in [7, 11) is -5.55. The van der Waals surface area contributed by atoms with Gasteiger partial charge in [0, 0.05) is 5.56 Å². The second-order valence-electron chi connectivity index (χ2n) is 9.05. The minimum absolute atomic E-state index is 0.195. The monoisotopic (exact) mass is 526 g/mol. The van der Waals surface area contributed by atoms with Crippen LogP contribution in [0.5, 0.6) is 0 Å². The number of halogens is 3. The number of hydrogen-bond donors (Lipinski definition) is 1. The van der Waals surface area contributed by atoms with Crippen molar-refractivity contribution < 1.29 is 26.4 Å². The average molecular weight is 527 g/mol. The molecule has 36 heavy (non-hydrogen) atoms. The van der Waals surface area contributed by atoms with Crippen LogP contribution in [-0.4, -0.2) is 19.6 Å². The highest BCUT2D eigenvalue weighted by Gasteiger charge is 2.46. The van der Waals surface area contributed by atoms with Crippen molar-refractivity contribution in [3.63, 3.8) is 0 Å². The van der Waals surface area contributed by atoms with E-state index >= 15 is 0 Å². The zero-order valence-corrected chi connectivity index (χ0v) is 22.3. The molecule has 2 aromatic rings. The fourth-order valence-corrected chi connectivity index (χ4v) is 4.58. The molecule has 0 heterocycles. The van der Waals surface area contributed by atoms with Crippen LogP contribution in [0.4, 0.5) is 18.9 Å². The van der Waals surface area contributed by atoms with Crippen molar-refractivity contribution in [3.8, 4) is 0 Å². The van der Waals surface area contributed by atoms with Crippen molar-refractivity contribution >= 4 is 21.4 Å². The summed E-state index contributed by atoms with van der Waals surface area (Å²) >= 11 is 0. The molecule has 5 nitrogen and oxygen atoms in total. The highest BCUT2D eigenvalue weighted by molar-refractivity contribution is 7.93. The van der Waals surface area contributed by atoms with Crippen LogP contribution in [0.1, 0.15) is 93.9 Å². The number of anilines is 1.